The molecule has 2 rings (SSSR count). The van der Waals surface area contributed by atoms with Gasteiger partial charge in [0.1, 0.15) is 0 Å². The lowest BCUT2D eigenvalue weighted by atomic mass is 10.1. The first-order valence-electron chi connectivity index (χ1n) is 6.90. The van der Waals surface area contributed by atoms with E-state index < -0.39 is 0 Å². The maximum atomic E-state index is 12.4. The maximum absolute atomic E-state index is 12.4. The van der Waals surface area contributed by atoms with Gasteiger partial charge in [0.2, 0.25) is 5.91 Å². The van der Waals surface area contributed by atoms with Gasteiger partial charge in [-0.3, -0.25) is 4.79 Å². The smallest absolute Gasteiger partial charge is 0.249 e. The molecule has 1 heterocycles. The van der Waals surface area contributed by atoms with E-state index in [9.17, 15) is 4.79 Å². The molecule has 0 bridgehead atoms. The molecule has 0 aliphatic heterocycles. The number of amides is 1. The van der Waals surface area contributed by atoms with E-state index in [0.29, 0.717) is 23.0 Å². The Morgan fingerprint density at radius 2 is 2.18 bits per heavy atom. The molecule has 0 saturated heterocycles. The zero-order valence-corrected chi connectivity index (χ0v) is 13.5. The lowest BCUT2D eigenvalue weighted by Crippen LogP contribution is -2.31. The Labute approximate surface area is 134 Å². The Morgan fingerprint density at radius 3 is 2.82 bits per heavy atom. The maximum Gasteiger partial charge on any atom is 0.249 e. The molecule has 0 aliphatic rings. The summed E-state index contributed by atoms with van der Waals surface area (Å²) in [7, 11) is 1.75. The number of H-pyrrole nitrogens is 1. The van der Waals surface area contributed by atoms with Crippen LogP contribution in [0.3, 0.4) is 0 Å². The molecule has 7 heteroatoms. The van der Waals surface area contributed by atoms with Crippen molar-refractivity contribution < 1.29 is 4.79 Å². The van der Waals surface area contributed by atoms with Crippen LogP contribution >= 0.6 is 11.6 Å². The number of hydrogen-bond donors (Lipinski definition) is 1. The minimum atomic E-state index is -0.0599. The number of likely N-dealkylation sites (N-methyl/N-ethyl adjacent to an activating group) is 1. The van der Waals surface area contributed by atoms with E-state index in [0.717, 1.165) is 5.56 Å². The van der Waals surface area contributed by atoms with Crippen LogP contribution in [-0.2, 0) is 4.79 Å². The predicted octanol–water partition coefficient (Wildman–Crippen LogP) is 2.52. The van der Waals surface area contributed by atoms with E-state index in [1.165, 1.54) is 0 Å². The Balaban J connectivity index is 2.05. The molecule has 116 valence electrons. The number of carbonyl (C=O) groups is 1. The zero-order chi connectivity index (χ0) is 16.1. The minimum Gasteiger partial charge on any atom is -0.341 e. The highest BCUT2D eigenvalue weighted by Crippen LogP contribution is 2.19. The molecule has 2 aromatic rings. The fourth-order valence-corrected chi connectivity index (χ4v) is 2.33. The van der Waals surface area contributed by atoms with Gasteiger partial charge in [-0.05, 0) is 24.6 Å². The van der Waals surface area contributed by atoms with E-state index in [1.54, 1.807) is 31.0 Å². The van der Waals surface area contributed by atoms with Gasteiger partial charge in [0.05, 0.1) is 0 Å². The molecule has 6 nitrogen and oxygen atoms in total. The van der Waals surface area contributed by atoms with Crippen LogP contribution in [0.25, 0.3) is 6.08 Å². The number of aromatic nitrogens is 4. The second kappa shape index (κ2) is 7.17. The average molecular weight is 320 g/mol. The third-order valence-electron chi connectivity index (χ3n) is 3.31. The van der Waals surface area contributed by atoms with Gasteiger partial charge in [-0.15, -0.1) is 10.2 Å². The van der Waals surface area contributed by atoms with Crippen LogP contribution < -0.4 is 0 Å². The fraction of sp³-hybridized carbons (Fsp3) is 0.333. The molecular formula is C15H18ClN5O. The second-order valence-electron chi connectivity index (χ2n) is 5.21. The molecule has 0 aliphatic carbocycles. The Kier molecular flexibility index (Phi) is 5.27. The summed E-state index contributed by atoms with van der Waals surface area (Å²) in [6.07, 6.45) is 1.79. The highest BCUT2D eigenvalue weighted by atomic mass is 35.5. The first-order valence-corrected chi connectivity index (χ1v) is 7.28. The molecule has 1 aromatic carbocycles. The number of benzene rings is 1. The van der Waals surface area contributed by atoms with Crippen molar-refractivity contribution in [2.24, 2.45) is 0 Å². The highest BCUT2D eigenvalue weighted by Gasteiger charge is 2.17. The molecule has 0 radical (unpaired) electrons. The summed E-state index contributed by atoms with van der Waals surface area (Å²) >= 11 is 6.11. The van der Waals surface area contributed by atoms with E-state index in [4.69, 9.17) is 11.6 Å². The number of nitrogens with zero attached hydrogens (tertiary/aromatic N) is 4. The van der Waals surface area contributed by atoms with Crippen molar-refractivity contribution in [3.8, 4) is 0 Å². The zero-order valence-electron chi connectivity index (χ0n) is 12.7. The molecule has 22 heavy (non-hydrogen) atoms. The van der Waals surface area contributed by atoms with Crippen molar-refractivity contribution >= 4 is 23.6 Å². The van der Waals surface area contributed by atoms with Crippen LogP contribution in [0.5, 0.6) is 0 Å². The molecular weight excluding hydrogens is 302 g/mol. The lowest BCUT2D eigenvalue weighted by Gasteiger charge is -2.20. The molecule has 0 saturated carbocycles. The molecule has 1 aromatic heterocycles. The van der Waals surface area contributed by atoms with Crippen molar-refractivity contribution in [2.45, 2.75) is 19.8 Å². The Morgan fingerprint density at radius 1 is 1.45 bits per heavy atom. The van der Waals surface area contributed by atoms with E-state index in [1.807, 2.05) is 25.1 Å². The van der Waals surface area contributed by atoms with Gasteiger partial charge >= 0.3 is 0 Å². The monoisotopic (exact) mass is 319 g/mol. The molecule has 1 N–H and O–H groups in total. The number of nitrogens with one attached hydrogen (secondary N) is 1. The van der Waals surface area contributed by atoms with Gasteiger partial charge in [-0.2, -0.15) is 5.21 Å². The fourth-order valence-electron chi connectivity index (χ4n) is 2.14. The van der Waals surface area contributed by atoms with Crippen molar-refractivity contribution in [3.63, 3.8) is 0 Å². The molecule has 0 spiro atoms. The summed E-state index contributed by atoms with van der Waals surface area (Å²) in [5.74, 6) is 0.531. The Bertz CT molecular complexity index is 668. The number of aromatic amines is 1. The third-order valence-corrected chi connectivity index (χ3v) is 3.66. The van der Waals surface area contributed by atoms with Gasteiger partial charge in [-0.25, -0.2) is 0 Å². The first-order chi connectivity index (χ1) is 10.5. The van der Waals surface area contributed by atoms with Crippen molar-refractivity contribution in [2.75, 3.05) is 13.6 Å². The SMILES string of the molecule is C/C(=C\c1ccccc1Cl)C(=O)N(C)C[C@@H](C)c1nn[nH]n1. The third kappa shape index (κ3) is 3.92. The van der Waals surface area contributed by atoms with Crippen LogP contribution in [-0.4, -0.2) is 45.0 Å². The standard InChI is InChI=1S/C15H18ClN5O/c1-10(8-12-6-4-5-7-13(12)16)15(22)21(3)9-11(2)14-17-19-20-18-14/h4-8,11H,9H2,1-3H3,(H,17,18,19,20)/b10-8+/t11-/m1/s1. The van der Waals surface area contributed by atoms with E-state index in [-0.39, 0.29) is 11.8 Å². The molecule has 1 atom stereocenters. The minimum absolute atomic E-state index is 0.000753. The highest BCUT2D eigenvalue weighted by molar-refractivity contribution is 6.32. The topological polar surface area (TPSA) is 74.8 Å². The number of halogens is 1. The van der Waals surface area contributed by atoms with Gasteiger partial charge in [0.25, 0.3) is 0 Å². The van der Waals surface area contributed by atoms with E-state index >= 15 is 0 Å². The summed E-state index contributed by atoms with van der Waals surface area (Å²) in [5, 5.41) is 14.4. The number of hydrogen-bond acceptors (Lipinski definition) is 4. The number of rotatable bonds is 5. The second-order valence-corrected chi connectivity index (χ2v) is 5.61. The predicted molar refractivity (Wildman–Crippen MR) is 85.3 cm³/mol. The van der Waals surface area contributed by atoms with Crippen LogP contribution in [0.4, 0.5) is 0 Å². The van der Waals surface area contributed by atoms with Crippen LogP contribution in [0, 0.1) is 0 Å². The number of tetrazole rings is 1. The molecule has 0 unspecified atom stereocenters. The summed E-state index contributed by atoms with van der Waals surface area (Å²) < 4.78 is 0. The summed E-state index contributed by atoms with van der Waals surface area (Å²) in [5.41, 5.74) is 1.45. The van der Waals surface area contributed by atoms with Gasteiger partial charge in [0, 0.05) is 30.1 Å². The van der Waals surface area contributed by atoms with Crippen LogP contribution in [0.15, 0.2) is 29.8 Å². The Hall–Kier alpha value is -2.21. The lowest BCUT2D eigenvalue weighted by molar-refractivity contribution is -0.125. The molecule has 1 amide bonds. The summed E-state index contributed by atoms with van der Waals surface area (Å²) in [4.78, 5) is 14.1. The van der Waals surface area contributed by atoms with Gasteiger partial charge in [-0.1, -0.05) is 41.9 Å². The number of carbonyl (C=O) groups excluding carboxylic acids is 1. The van der Waals surface area contributed by atoms with Crippen molar-refractivity contribution in [1.29, 1.82) is 0 Å². The van der Waals surface area contributed by atoms with E-state index in [2.05, 4.69) is 20.6 Å². The quantitative estimate of drug-likeness (QED) is 0.859. The molecule has 0 fully saturated rings. The van der Waals surface area contributed by atoms with Crippen LogP contribution in [0.2, 0.25) is 5.02 Å². The van der Waals surface area contributed by atoms with Crippen LogP contribution in [0.1, 0.15) is 31.2 Å². The normalized spacial score (nSPS) is 13.0. The summed E-state index contributed by atoms with van der Waals surface area (Å²) in [6, 6.07) is 7.42. The van der Waals surface area contributed by atoms with Gasteiger partial charge in [0.15, 0.2) is 5.82 Å². The van der Waals surface area contributed by atoms with Crippen molar-refractivity contribution in [1.82, 2.24) is 25.5 Å². The largest absolute Gasteiger partial charge is 0.341 e. The summed E-state index contributed by atoms with van der Waals surface area (Å²) in [6.45, 7) is 4.23. The first kappa shape index (κ1) is 16.2. The average Bonchev–Trinajstić information content (AvgIpc) is 3.03. The van der Waals surface area contributed by atoms with Crippen molar-refractivity contribution in [3.05, 3.63) is 46.2 Å². The van der Waals surface area contributed by atoms with Gasteiger partial charge < -0.3 is 4.90 Å².